The van der Waals surface area contributed by atoms with Crippen LogP contribution in [-0.4, -0.2) is 18.2 Å². The predicted molar refractivity (Wildman–Crippen MR) is 92.8 cm³/mol. The van der Waals surface area contributed by atoms with E-state index in [1.54, 1.807) is 0 Å². The van der Waals surface area contributed by atoms with Crippen LogP contribution >= 0.6 is 0 Å². The van der Waals surface area contributed by atoms with Crippen molar-refractivity contribution < 1.29 is 14.3 Å². The maximum atomic E-state index is 12.5. The van der Waals surface area contributed by atoms with E-state index >= 15 is 0 Å². The van der Waals surface area contributed by atoms with Gasteiger partial charge in [-0.05, 0) is 19.4 Å². The molecule has 122 valence electrons. The van der Waals surface area contributed by atoms with E-state index < -0.39 is 5.60 Å². The highest BCUT2D eigenvalue weighted by Gasteiger charge is 2.53. The number of esters is 1. The van der Waals surface area contributed by atoms with Crippen molar-refractivity contribution >= 4 is 17.3 Å². The normalized spacial score (nSPS) is 25.0. The molecule has 24 heavy (non-hydrogen) atoms. The Kier molecular flexibility index (Phi) is 3.45. The zero-order valence-electron chi connectivity index (χ0n) is 13.9. The third kappa shape index (κ3) is 2.32. The fourth-order valence-corrected chi connectivity index (χ4v) is 3.71. The van der Waals surface area contributed by atoms with Gasteiger partial charge in [0.2, 0.25) is 0 Å². The molecule has 2 atom stereocenters. The second-order valence-electron chi connectivity index (χ2n) is 6.89. The Hall–Kier alpha value is -2.55. The Morgan fingerprint density at radius 1 is 0.917 bits per heavy atom. The highest BCUT2D eigenvalue weighted by atomic mass is 16.6. The molecule has 0 spiro atoms. The number of rotatable bonds is 2. The first-order chi connectivity index (χ1) is 11.6. The summed E-state index contributed by atoms with van der Waals surface area (Å²) >= 11 is 0. The number of carbonyl (C=O) groups is 1. The van der Waals surface area contributed by atoms with Gasteiger partial charge in [-0.15, -0.1) is 0 Å². The molecule has 1 saturated heterocycles. The first-order valence-corrected chi connectivity index (χ1v) is 8.28. The molecule has 0 aliphatic carbocycles. The fraction of sp³-hybridized carbons (Fsp3) is 0.286. The smallest absolute Gasteiger partial charge is 0.314 e. The van der Waals surface area contributed by atoms with Crippen LogP contribution in [0.2, 0.25) is 0 Å². The number of ether oxygens (including phenoxy) is 2. The Bertz CT molecular complexity index is 790. The summed E-state index contributed by atoms with van der Waals surface area (Å²) in [7, 11) is 0. The topological polar surface area (TPSA) is 35.5 Å². The lowest BCUT2D eigenvalue weighted by atomic mass is 9.73. The molecule has 3 nitrogen and oxygen atoms in total. The van der Waals surface area contributed by atoms with Crippen molar-refractivity contribution in [1.29, 1.82) is 0 Å². The molecule has 2 aliphatic heterocycles. The van der Waals surface area contributed by atoms with Crippen LogP contribution < -0.4 is 0 Å². The standard InChI is InChI=1S/C21H20O3/c1-21(2)16-13-23-20(22)18(16)17(14-9-5-3-6-10-14)19(24-21)15-11-7-4-8-12-15/h3-12,16,18H,13H2,1-2H3/t16-,18+/m1/s1. The van der Waals surface area contributed by atoms with Crippen molar-refractivity contribution in [3.63, 3.8) is 0 Å². The third-order valence-corrected chi connectivity index (χ3v) is 5.00. The first-order valence-electron chi connectivity index (χ1n) is 8.28. The molecule has 3 heteroatoms. The van der Waals surface area contributed by atoms with Crippen LogP contribution in [0.5, 0.6) is 0 Å². The molecular formula is C21H20O3. The van der Waals surface area contributed by atoms with Gasteiger partial charge in [0, 0.05) is 11.1 Å². The Morgan fingerprint density at radius 2 is 1.50 bits per heavy atom. The van der Waals surface area contributed by atoms with Crippen LogP contribution in [0.25, 0.3) is 11.3 Å². The molecular weight excluding hydrogens is 300 g/mol. The summed E-state index contributed by atoms with van der Waals surface area (Å²) in [5, 5.41) is 0. The van der Waals surface area contributed by atoms with E-state index in [4.69, 9.17) is 9.47 Å². The predicted octanol–water partition coefficient (Wildman–Crippen LogP) is 4.15. The van der Waals surface area contributed by atoms with Gasteiger partial charge >= 0.3 is 5.97 Å². The Balaban J connectivity index is 1.98. The minimum absolute atomic E-state index is 0.0210. The summed E-state index contributed by atoms with van der Waals surface area (Å²) < 4.78 is 11.9. The van der Waals surface area contributed by atoms with Crippen LogP contribution in [0, 0.1) is 11.8 Å². The van der Waals surface area contributed by atoms with Gasteiger partial charge in [0.05, 0.1) is 18.4 Å². The number of cyclic esters (lactones) is 1. The van der Waals surface area contributed by atoms with Gasteiger partial charge < -0.3 is 9.47 Å². The van der Waals surface area contributed by atoms with Crippen LogP contribution in [0.4, 0.5) is 0 Å². The van der Waals surface area contributed by atoms with Gasteiger partial charge in [-0.2, -0.15) is 0 Å². The molecule has 0 aromatic heterocycles. The third-order valence-electron chi connectivity index (χ3n) is 5.00. The number of fused-ring (bicyclic) bond motifs is 1. The number of benzene rings is 2. The van der Waals surface area contributed by atoms with E-state index in [9.17, 15) is 4.79 Å². The quantitative estimate of drug-likeness (QED) is 0.780. The summed E-state index contributed by atoms with van der Waals surface area (Å²) in [6.45, 7) is 4.49. The molecule has 2 aromatic rings. The molecule has 1 fully saturated rings. The highest BCUT2D eigenvalue weighted by Crippen LogP contribution is 2.50. The zero-order chi connectivity index (χ0) is 16.7. The van der Waals surface area contributed by atoms with E-state index in [2.05, 4.69) is 0 Å². The maximum absolute atomic E-state index is 12.5. The van der Waals surface area contributed by atoms with Gasteiger partial charge in [-0.1, -0.05) is 60.7 Å². The van der Waals surface area contributed by atoms with Crippen LogP contribution in [0.1, 0.15) is 25.0 Å². The molecule has 2 aliphatic rings. The lowest BCUT2D eigenvalue weighted by molar-refractivity contribution is -0.139. The number of carbonyl (C=O) groups excluding carboxylic acids is 1. The minimum Gasteiger partial charge on any atom is -0.486 e. The summed E-state index contributed by atoms with van der Waals surface area (Å²) in [5.41, 5.74) is 2.48. The van der Waals surface area contributed by atoms with E-state index in [-0.39, 0.29) is 17.8 Å². The van der Waals surface area contributed by atoms with E-state index in [1.165, 1.54) is 0 Å². The van der Waals surface area contributed by atoms with Gasteiger partial charge in [0.25, 0.3) is 0 Å². The molecule has 4 rings (SSSR count). The number of hydrogen-bond acceptors (Lipinski definition) is 3. The monoisotopic (exact) mass is 320 g/mol. The van der Waals surface area contributed by atoms with Gasteiger partial charge in [0.1, 0.15) is 11.4 Å². The van der Waals surface area contributed by atoms with Crippen LogP contribution in [0.3, 0.4) is 0 Å². The van der Waals surface area contributed by atoms with Crippen molar-refractivity contribution in [1.82, 2.24) is 0 Å². The lowest BCUT2D eigenvalue weighted by Gasteiger charge is -2.41. The minimum atomic E-state index is -0.458. The highest BCUT2D eigenvalue weighted by molar-refractivity contribution is 6.00. The van der Waals surface area contributed by atoms with Crippen molar-refractivity contribution in [3.05, 3.63) is 71.8 Å². The molecule has 0 amide bonds. The molecule has 2 aromatic carbocycles. The van der Waals surface area contributed by atoms with Crippen molar-refractivity contribution in [3.8, 4) is 0 Å². The fourth-order valence-electron chi connectivity index (χ4n) is 3.71. The molecule has 0 saturated carbocycles. The van der Waals surface area contributed by atoms with Crippen LogP contribution in [-0.2, 0) is 14.3 Å². The average Bonchev–Trinajstić information content (AvgIpc) is 2.99. The van der Waals surface area contributed by atoms with Crippen LogP contribution in [0.15, 0.2) is 60.7 Å². The second kappa shape index (κ2) is 5.52. The SMILES string of the molecule is CC1(C)OC(c2ccccc2)=C(c2ccccc2)[C@H]2C(=O)OC[C@H]21. The first kappa shape index (κ1) is 15.0. The maximum Gasteiger partial charge on any atom is 0.314 e. The second-order valence-corrected chi connectivity index (χ2v) is 6.89. The molecule has 0 unspecified atom stereocenters. The van der Waals surface area contributed by atoms with E-state index in [1.807, 2.05) is 74.5 Å². The van der Waals surface area contributed by atoms with Gasteiger partial charge in [0.15, 0.2) is 0 Å². The van der Waals surface area contributed by atoms with Gasteiger partial charge in [-0.25, -0.2) is 0 Å². The average molecular weight is 320 g/mol. The van der Waals surface area contributed by atoms with Crippen molar-refractivity contribution in [2.24, 2.45) is 11.8 Å². The summed E-state index contributed by atoms with van der Waals surface area (Å²) in [4.78, 5) is 12.5. The Labute approximate surface area is 141 Å². The molecule has 0 radical (unpaired) electrons. The Morgan fingerprint density at radius 3 is 2.12 bits per heavy atom. The van der Waals surface area contributed by atoms with Gasteiger partial charge in [-0.3, -0.25) is 4.79 Å². The van der Waals surface area contributed by atoms with Crippen molar-refractivity contribution in [2.45, 2.75) is 19.4 Å². The summed E-state index contributed by atoms with van der Waals surface area (Å²) in [6, 6.07) is 20.0. The van der Waals surface area contributed by atoms with E-state index in [0.29, 0.717) is 6.61 Å². The zero-order valence-corrected chi connectivity index (χ0v) is 13.9. The molecule has 2 heterocycles. The summed E-state index contributed by atoms with van der Waals surface area (Å²) in [5.74, 6) is 0.370. The lowest BCUT2D eigenvalue weighted by Crippen LogP contribution is -2.43. The molecule has 0 N–H and O–H groups in total. The van der Waals surface area contributed by atoms with E-state index in [0.717, 1.165) is 22.5 Å². The van der Waals surface area contributed by atoms with Crippen molar-refractivity contribution in [2.75, 3.05) is 6.61 Å². The number of hydrogen-bond donors (Lipinski definition) is 0. The largest absolute Gasteiger partial charge is 0.486 e. The summed E-state index contributed by atoms with van der Waals surface area (Å²) in [6.07, 6.45) is 0. The molecule has 0 bridgehead atoms.